The van der Waals surface area contributed by atoms with Crippen molar-refractivity contribution in [3.63, 3.8) is 0 Å². The predicted molar refractivity (Wildman–Crippen MR) is 344 cm³/mol. The minimum atomic E-state index is -4.84. The number of imidazole rings is 3. The summed E-state index contributed by atoms with van der Waals surface area (Å²) < 4.78 is 63.9. The van der Waals surface area contributed by atoms with Crippen molar-refractivity contribution < 1.29 is 47.0 Å². The zero-order valence-electron chi connectivity index (χ0n) is 48.2. The van der Waals surface area contributed by atoms with E-state index in [4.69, 9.17) is 64.8 Å². The normalized spacial score (nSPS) is 15.6. The van der Waals surface area contributed by atoms with Gasteiger partial charge in [0.05, 0.1) is 54.5 Å². The number of aromatic nitrogens is 12. The average molecular weight is 1420 g/mol. The van der Waals surface area contributed by atoms with Gasteiger partial charge in [-0.25, -0.2) is 39.7 Å². The van der Waals surface area contributed by atoms with Crippen LogP contribution in [0.2, 0.25) is 15.7 Å². The monoisotopic (exact) mass is 1420 g/mol. The fraction of sp³-hybridized carbons (Fsp3) is 0.233. The molecule has 21 nitrogen and oxygen atoms in total. The number of aromatic amines is 1. The summed E-state index contributed by atoms with van der Waals surface area (Å²) in [6, 6.07) is 36.8. The molecular weight excluding hydrogens is 1360 g/mol. The maximum atomic E-state index is 13.0. The molecule has 6 N–H and O–H groups in total. The van der Waals surface area contributed by atoms with Crippen LogP contribution < -0.4 is 25.2 Å². The highest BCUT2D eigenvalue weighted by molar-refractivity contribution is 9.10. The van der Waals surface area contributed by atoms with Crippen molar-refractivity contribution in [3.8, 4) is 40.3 Å². The predicted octanol–water partition coefficient (Wildman–Crippen LogP) is 13.5. The second kappa shape index (κ2) is 31.6. The smallest absolute Gasteiger partial charge is 0.537 e. The van der Waals surface area contributed by atoms with E-state index in [2.05, 4.69) is 91.8 Å². The third-order valence-electron chi connectivity index (χ3n) is 12.7. The molecule has 2 aliphatic rings. The number of fused-ring (bicyclic) bond motifs is 3. The largest absolute Gasteiger partial charge is 0.573 e. The molecule has 30 heteroatoms. The maximum Gasteiger partial charge on any atom is 0.573 e. The molecule has 2 aliphatic carbocycles. The van der Waals surface area contributed by atoms with Crippen molar-refractivity contribution in [1.29, 1.82) is 0 Å². The molecule has 0 atom stereocenters. The molecule has 0 unspecified atom stereocenters. The van der Waals surface area contributed by atoms with E-state index in [1.54, 1.807) is 41.9 Å². The maximum absolute atomic E-state index is 13.0. The number of halogens is 8. The first-order chi connectivity index (χ1) is 43.0. The van der Waals surface area contributed by atoms with Crippen LogP contribution in [0.5, 0.6) is 17.5 Å². The number of para-hydroxylation sites is 8. The van der Waals surface area contributed by atoms with Crippen molar-refractivity contribution >= 4 is 114 Å². The van der Waals surface area contributed by atoms with Crippen molar-refractivity contribution in [3.05, 3.63) is 189 Å². The minimum Gasteiger partial charge on any atom is -0.537 e. The zero-order chi connectivity index (χ0) is 64.5. The highest BCUT2D eigenvalue weighted by Crippen LogP contribution is 2.38. The second-order valence-corrected chi connectivity index (χ2v) is 23.3. The molecule has 0 saturated heterocycles. The summed E-state index contributed by atoms with van der Waals surface area (Å²) in [5.41, 5.74) is 12.4. The number of hydrogen-bond donors (Lipinski definition) is 5. The lowest BCUT2D eigenvalue weighted by Gasteiger charge is -2.32. The van der Waals surface area contributed by atoms with E-state index in [1.165, 1.54) is 30.6 Å². The van der Waals surface area contributed by atoms with E-state index in [1.807, 2.05) is 123 Å². The Morgan fingerprint density at radius 2 is 1.26 bits per heavy atom. The molecular formula is C60H56BBr2Cl3F3N14O7. The van der Waals surface area contributed by atoms with Gasteiger partial charge >= 0.3 is 26.2 Å². The zero-order valence-corrected chi connectivity index (χ0v) is 53.6. The molecule has 6 heterocycles. The number of carbonyl (C=O) groups excluding carboxylic acids is 1. The van der Waals surface area contributed by atoms with Crippen LogP contribution in [0.1, 0.15) is 52.0 Å². The fourth-order valence-electron chi connectivity index (χ4n) is 8.44. The van der Waals surface area contributed by atoms with E-state index >= 15 is 0 Å². The molecule has 2 saturated carbocycles. The number of hydrogen-bond acceptors (Lipinski definition) is 17. The van der Waals surface area contributed by atoms with Crippen LogP contribution in [0.3, 0.4) is 0 Å². The molecule has 6 aromatic heterocycles. The van der Waals surface area contributed by atoms with Gasteiger partial charge in [0.15, 0.2) is 11.6 Å². The first kappa shape index (κ1) is 67.9. The van der Waals surface area contributed by atoms with Gasteiger partial charge in [-0.3, -0.25) is 9.13 Å². The number of nitrogens with one attached hydrogen (secondary N) is 2. The number of nitrogens with two attached hydrogens (primary N) is 1. The molecule has 5 aromatic carbocycles. The number of alkyl halides is 3. The van der Waals surface area contributed by atoms with Crippen LogP contribution in [0.4, 0.5) is 18.0 Å². The lowest BCUT2D eigenvalue weighted by Crippen LogP contribution is -2.48. The minimum absolute atomic E-state index is 0.0859. The summed E-state index contributed by atoms with van der Waals surface area (Å²) in [5, 5.41) is 20.6. The van der Waals surface area contributed by atoms with Crippen LogP contribution in [0, 0.1) is 6.92 Å². The van der Waals surface area contributed by atoms with Crippen LogP contribution in [0.25, 0.3) is 55.9 Å². The Labute approximate surface area is 546 Å². The highest BCUT2D eigenvalue weighted by atomic mass is 79.9. The Bertz CT molecular complexity index is 4130. The van der Waals surface area contributed by atoms with Crippen LogP contribution in [-0.2, 0) is 4.74 Å². The molecule has 1 radical (unpaired) electrons. The molecule has 0 bridgehead atoms. The Hall–Kier alpha value is -8.02. The summed E-state index contributed by atoms with van der Waals surface area (Å²) in [7, 11) is 0.683. The van der Waals surface area contributed by atoms with Crippen molar-refractivity contribution in [2.75, 3.05) is 0 Å². The van der Waals surface area contributed by atoms with Gasteiger partial charge < -0.3 is 45.0 Å². The van der Waals surface area contributed by atoms with Crippen molar-refractivity contribution in [2.45, 2.75) is 89.6 Å². The van der Waals surface area contributed by atoms with Gasteiger partial charge in [0.2, 0.25) is 10.6 Å². The van der Waals surface area contributed by atoms with Gasteiger partial charge in [-0.05, 0) is 163 Å². The number of aliphatic hydroxyl groups is 1. The van der Waals surface area contributed by atoms with E-state index in [0.717, 1.165) is 37.6 Å². The quantitative estimate of drug-likeness (QED) is 0.0510. The van der Waals surface area contributed by atoms with Crippen molar-refractivity contribution in [1.82, 2.24) is 64.3 Å². The molecule has 467 valence electrons. The number of carbonyl (C=O) groups is 1. The standard InChI is InChI=1S/C22H18F3N5O2.C11H6BrClN4.C9H17NO3.C7H8BO2.C7H6N2.C4HBrCl2N2/c23-22(24,25)32-19-8-4-1-5-15(19)16-11-27-21(31-14-9-13(26)10-14)29-20(16)30-12-28-17-6-2-3-7-18(17)30;12-7-5-14-11(13)16-10(7)17-6-15-8-3-1-2-4-9(8)17;1-9(2,3)13-8(12)10-6-4-7(11)5-6;1-6-4-2-3-5-7(6)10-8-9;1-2-4-7-6(3-1)8-5-9-7;5-2-1-8-4(7)9-3(2)6/h1-8,11-14H,9-10,26H2;1-6H;6-7,11H,4-5H2,1-3H3,(H,10,12);2-5,9H,1H3;1-5H,(H,8,9);1H. The fourth-order valence-corrected chi connectivity index (χ4v) is 9.44. The number of ether oxygens (including phenoxy) is 3. The number of aryl methyl sites for hydroxylation is 1. The van der Waals surface area contributed by atoms with Gasteiger partial charge in [-0.15, -0.1) is 13.2 Å². The third-order valence-corrected chi connectivity index (χ3v) is 14.7. The van der Waals surface area contributed by atoms with E-state index in [-0.39, 0.29) is 52.2 Å². The van der Waals surface area contributed by atoms with E-state index < -0.39 is 18.1 Å². The summed E-state index contributed by atoms with van der Waals surface area (Å²) in [6.45, 7) is 7.38. The van der Waals surface area contributed by atoms with Gasteiger partial charge in [-0.1, -0.05) is 84.4 Å². The van der Waals surface area contributed by atoms with Crippen LogP contribution >= 0.6 is 66.7 Å². The number of nitrogens with zero attached hydrogens (tertiary/aromatic N) is 11. The number of aliphatic hydroxyl groups excluding tert-OH is 1. The van der Waals surface area contributed by atoms with E-state index in [0.29, 0.717) is 71.5 Å². The Morgan fingerprint density at radius 1 is 0.689 bits per heavy atom. The summed E-state index contributed by atoms with van der Waals surface area (Å²) in [4.78, 5) is 51.1. The highest BCUT2D eigenvalue weighted by Gasteiger charge is 2.34. The SMILES string of the molecule is CC(C)(C)OC(=O)NC1CC(O)C1.Cc1ccccc1O[B]O.Clc1ncc(Br)c(-n2cnc3ccccc32)n1.Clc1ncc(Br)c(Cl)n1.NC1CC(Oc2ncc(-c3ccccc3OC(F)(F)F)c(-n3cnc4ccccc43)n2)C1.c1ccc2[nH]cnc2c1. The van der Waals surface area contributed by atoms with Gasteiger partial charge in [0.1, 0.15) is 41.0 Å². The number of amides is 1. The summed E-state index contributed by atoms with van der Waals surface area (Å²) in [5.74, 6) is 1.34. The third kappa shape index (κ3) is 19.7. The molecule has 0 spiro atoms. The Morgan fingerprint density at radius 3 is 1.83 bits per heavy atom. The molecule has 13 rings (SSSR count). The molecule has 0 aliphatic heterocycles. The topological polar surface area (TPSA) is 274 Å². The number of benzene rings is 5. The summed E-state index contributed by atoms with van der Waals surface area (Å²) >= 11 is 23.2. The molecule has 11 aromatic rings. The summed E-state index contributed by atoms with van der Waals surface area (Å²) in [6.07, 6.45) is 6.61. The number of rotatable bonds is 9. The van der Waals surface area contributed by atoms with Gasteiger partial charge in [-0.2, -0.15) is 9.97 Å². The number of alkyl carbamates (subject to hydrolysis) is 1. The molecule has 90 heavy (non-hydrogen) atoms. The first-order valence-corrected chi connectivity index (χ1v) is 30.0. The van der Waals surface area contributed by atoms with Crippen molar-refractivity contribution in [2.24, 2.45) is 5.73 Å². The molecule has 1 amide bonds. The lowest BCUT2D eigenvalue weighted by atomic mass is 9.90. The first-order valence-electron chi connectivity index (χ1n) is 27.3. The second-order valence-electron chi connectivity index (χ2n) is 20.6. The van der Waals surface area contributed by atoms with Crippen LogP contribution in [-0.4, -0.2) is 119 Å². The lowest BCUT2D eigenvalue weighted by molar-refractivity contribution is -0.274. The molecule has 2 fully saturated rings. The average Bonchev–Trinajstić information content (AvgIpc) is 1.59. The van der Waals surface area contributed by atoms with Gasteiger partial charge in [0, 0.05) is 41.8 Å². The van der Waals surface area contributed by atoms with E-state index in [9.17, 15) is 18.0 Å². The Balaban J connectivity index is 0.000000152. The van der Waals surface area contributed by atoms with Crippen LogP contribution in [0.15, 0.2) is 168 Å². The van der Waals surface area contributed by atoms with Gasteiger partial charge in [0.25, 0.3) is 0 Å². The number of H-pyrrole nitrogens is 1. The Kier molecular flexibility index (Phi) is 23.9.